The minimum Gasteiger partial charge on any atom is -0.337 e. The Hall–Kier alpha value is -1.69. The van der Waals surface area contributed by atoms with Crippen LogP contribution in [0.3, 0.4) is 0 Å². The van der Waals surface area contributed by atoms with Crippen LogP contribution in [0, 0.1) is 6.92 Å². The first-order chi connectivity index (χ1) is 9.49. The SMILES string of the molecule is Cc1noc(C(C)N(C)C(=O)Cc2ccccc2Br)n1. The minimum absolute atomic E-state index is 0.000234. The molecule has 0 aliphatic carbocycles. The van der Waals surface area contributed by atoms with Crippen LogP contribution in [0.4, 0.5) is 0 Å². The van der Waals surface area contributed by atoms with Gasteiger partial charge in [0.05, 0.1) is 6.42 Å². The predicted molar refractivity (Wildman–Crippen MR) is 78.1 cm³/mol. The van der Waals surface area contributed by atoms with Crippen molar-refractivity contribution in [2.24, 2.45) is 0 Å². The number of likely N-dealkylation sites (N-methyl/N-ethyl adjacent to an activating group) is 1. The van der Waals surface area contributed by atoms with Gasteiger partial charge in [0.15, 0.2) is 5.82 Å². The van der Waals surface area contributed by atoms with Crippen molar-refractivity contribution in [1.29, 1.82) is 0 Å². The van der Waals surface area contributed by atoms with Gasteiger partial charge in [0.2, 0.25) is 11.8 Å². The van der Waals surface area contributed by atoms with E-state index in [2.05, 4.69) is 26.1 Å². The van der Waals surface area contributed by atoms with E-state index in [0.717, 1.165) is 10.0 Å². The van der Waals surface area contributed by atoms with Gasteiger partial charge in [0.1, 0.15) is 6.04 Å². The monoisotopic (exact) mass is 337 g/mol. The molecule has 0 spiro atoms. The van der Waals surface area contributed by atoms with Crippen molar-refractivity contribution in [2.75, 3.05) is 7.05 Å². The first-order valence-electron chi connectivity index (χ1n) is 6.28. The largest absolute Gasteiger partial charge is 0.337 e. The average Bonchev–Trinajstić information content (AvgIpc) is 2.86. The third-order valence-corrected chi connectivity index (χ3v) is 3.95. The number of nitrogens with zero attached hydrogens (tertiary/aromatic N) is 3. The Morgan fingerprint density at radius 2 is 2.15 bits per heavy atom. The molecule has 0 radical (unpaired) electrons. The van der Waals surface area contributed by atoms with E-state index >= 15 is 0 Å². The van der Waals surface area contributed by atoms with Crippen molar-refractivity contribution in [3.05, 3.63) is 46.0 Å². The third-order valence-electron chi connectivity index (χ3n) is 3.17. The van der Waals surface area contributed by atoms with Crippen LogP contribution in [0.15, 0.2) is 33.3 Å². The quantitative estimate of drug-likeness (QED) is 0.860. The molecule has 0 N–H and O–H groups in total. The van der Waals surface area contributed by atoms with Crippen molar-refractivity contribution < 1.29 is 9.32 Å². The van der Waals surface area contributed by atoms with Crippen LogP contribution in [0.2, 0.25) is 0 Å². The van der Waals surface area contributed by atoms with Gasteiger partial charge in [-0.05, 0) is 25.5 Å². The molecule has 20 heavy (non-hydrogen) atoms. The highest BCUT2D eigenvalue weighted by atomic mass is 79.9. The summed E-state index contributed by atoms with van der Waals surface area (Å²) in [7, 11) is 1.74. The molecule has 6 heteroatoms. The predicted octanol–water partition coefficient (Wildman–Crippen LogP) is 2.90. The number of aryl methyl sites for hydroxylation is 1. The van der Waals surface area contributed by atoms with Crippen molar-refractivity contribution in [3.63, 3.8) is 0 Å². The summed E-state index contributed by atoms with van der Waals surface area (Å²) in [4.78, 5) is 18.1. The fraction of sp³-hybridized carbons (Fsp3) is 0.357. The van der Waals surface area contributed by atoms with E-state index in [9.17, 15) is 4.79 Å². The normalized spacial score (nSPS) is 12.2. The zero-order valence-electron chi connectivity index (χ0n) is 11.6. The number of hydrogen-bond donors (Lipinski definition) is 0. The number of benzene rings is 1. The van der Waals surface area contributed by atoms with Crippen LogP contribution in [-0.2, 0) is 11.2 Å². The lowest BCUT2D eigenvalue weighted by molar-refractivity contribution is -0.131. The first-order valence-corrected chi connectivity index (χ1v) is 7.07. The van der Waals surface area contributed by atoms with E-state index in [0.29, 0.717) is 18.1 Å². The van der Waals surface area contributed by atoms with Gasteiger partial charge in [-0.1, -0.05) is 39.3 Å². The van der Waals surface area contributed by atoms with Gasteiger partial charge >= 0.3 is 0 Å². The molecule has 2 aromatic rings. The van der Waals surface area contributed by atoms with Gasteiger partial charge in [-0.15, -0.1) is 0 Å². The Labute approximate surface area is 126 Å². The van der Waals surface area contributed by atoms with Crippen LogP contribution in [0.5, 0.6) is 0 Å². The summed E-state index contributed by atoms with van der Waals surface area (Å²) in [5.41, 5.74) is 0.957. The van der Waals surface area contributed by atoms with E-state index in [4.69, 9.17) is 4.52 Å². The average molecular weight is 338 g/mol. The molecule has 106 valence electrons. The zero-order valence-corrected chi connectivity index (χ0v) is 13.2. The van der Waals surface area contributed by atoms with E-state index in [1.54, 1.807) is 18.9 Å². The maximum Gasteiger partial charge on any atom is 0.249 e. The molecular weight excluding hydrogens is 322 g/mol. The number of aromatic nitrogens is 2. The van der Waals surface area contributed by atoms with Crippen LogP contribution >= 0.6 is 15.9 Å². The Morgan fingerprint density at radius 1 is 1.45 bits per heavy atom. The highest BCUT2D eigenvalue weighted by molar-refractivity contribution is 9.10. The summed E-state index contributed by atoms with van der Waals surface area (Å²) in [5.74, 6) is 1.02. The summed E-state index contributed by atoms with van der Waals surface area (Å²) in [6.45, 7) is 3.62. The van der Waals surface area contributed by atoms with Crippen molar-refractivity contribution in [3.8, 4) is 0 Å². The molecule has 1 atom stereocenters. The molecular formula is C14H16BrN3O2. The Morgan fingerprint density at radius 3 is 2.75 bits per heavy atom. The number of carbonyl (C=O) groups excluding carboxylic acids is 1. The van der Waals surface area contributed by atoms with Gasteiger partial charge in [-0.25, -0.2) is 0 Å². The molecule has 2 rings (SSSR count). The van der Waals surface area contributed by atoms with Crippen LogP contribution in [0.1, 0.15) is 30.2 Å². The molecule has 1 amide bonds. The summed E-state index contributed by atoms with van der Waals surface area (Å²) in [5, 5.41) is 3.75. The molecule has 0 fully saturated rings. The Bertz CT molecular complexity index is 612. The van der Waals surface area contributed by atoms with Crippen molar-refractivity contribution in [2.45, 2.75) is 26.3 Å². The molecule has 1 aromatic heterocycles. The highest BCUT2D eigenvalue weighted by Gasteiger charge is 2.22. The second kappa shape index (κ2) is 6.17. The Balaban J connectivity index is 2.07. The van der Waals surface area contributed by atoms with Crippen LogP contribution in [-0.4, -0.2) is 28.0 Å². The number of amides is 1. The molecule has 0 saturated heterocycles. The van der Waals surface area contributed by atoms with Gasteiger partial charge in [0, 0.05) is 11.5 Å². The maximum absolute atomic E-state index is 12.3. The molecule has 1 heterocycles. The molecule has 0 aliphatic rings. The summed E-state index contributed by atoms with van der Waals surface area (Å²) < 4.78 is 6.04. The van der Waals surface area contributed by atoms with Crippen molar-refractivity contribution >= 4 is 21.8 Å². The minimum atomic E-state index is -0.244. The van der Waals surface area contributed by atoms with Gasteiger partial charge in [-0.3, -0.25) is 4.79 Å². The lowest BCUT2D eigenvalue weighted by atomic mass is 10.1. The highest BCUT2D eigenvalue weighted by Crippen LogP contribution is 2.20. The summed E-state index contributed by atoms with van der Waals surface area (Å²) in [6, 6.07) is 7.44. The number of rotatable bonds is 4. The van der Waals surface area contributed by atoms with E-state index in [1.807, 2.05) is 31.2 Å². The van der Waals surface area contributed by atoms with E-state index in [1.165, 1.54) is 0 Å². The van der Waals surface area contributed by atoms with E-state index in [-0.39, 0.29) is 11.9 Å². The standard InChI is InChI=1S/C14H16BrN3O2/c1-9(14-16-10(2)17-20-14)18(3)13(19)8-11-6-4-5-7-12(11)15/h4-7,9H,8H2,1-3H3. The van der Waals surface area contributed by atoms with Crippen LogP contribution in [0.25, 0.3) is 0 Å². The molecule has 1 aromatic carbocycles. The topological polar surface area (TPSA) is 59.2 Å². The third kappa shape index (κ3) is 3.25. The van der Waals surface area contributed by atoms with Crippen LogP contribution < -0.4 is 0 Å². The van der Waals surface area contributed by atoms with E-state index < -0.39 is 0 Å². The molecule has 5 nitrogen and oxygen atoms in total. The fourth-order valence-electron chi connectivity index (χ4n) is 1.79. The number of halogens is 1. The lowest BCUT2D eigenvalue weighted by Gasteiger charge is -2.22. The summed E-state index contributed by atoms with van der Waals surface area (Å²) >= 11 is 3.45. The molecule has 1 unspecified atom stereocenters. The molecule has 0 saturated carbocycles. The fourth-order valence-corrected chi connectivity index (χ4v) is 2.22. The first kappa shape index (κ1) is 14.7. The number of hydrogen-bond acceptors (Lipinski definition) is 4. The maximum atomic E-state index is 12.3. The smallest absolute Gasteiger partial charge is 0.249 e. The second-order valence-electron chi connectivity index (χ2n) is 4.63. The van der Waals surface area contributed by atoms with Gasteiger partial charge in [0.25, 0.3) is 0 Å². The second-order valence-corrected chi connectivity index (χ2v) is 5.48. The molecule has 0 bridgehead atoms. The Kier molecular flexibility index (Phi) is 4.54. The number of carbonyl (C=O) groups is 1. The van der Waals surface area contributed by atoms with Gasteiger partial charge < -0.3 is 9.42 Å². The van der Waals surface area contributed by atoms with Crippen molar-refractivity contribution in [1.82, 2.24) is 15.0 Å². The molecule has 0 aliphatic heterocycles. The summed E-state index contributed by atoms with van der Waals surface area (Å²) in [6.07, 6.45) is 0.329. The lowest BCUT2D eigenvalue weighted by Crippen LogP contribution is -2.31. The van der Waals surface area contributed by atoms with Gasteiger partial charge in [-0.2, -0.15) is 4.98 Å². The zero-order chi connectivity index (χ0) is 14.7.